The molecule has 1 aliphatic heterocycles. The van der Waals surface area contributed by atoms with Crippen LogP contribution in [0.1, 0.15) is 17.4 Å². The van der Waals surface area contributed by atoms with E-state index in [2.05, 4.69) is 0 Å². The fourth-order valence-corrected chi connectivity index (χ4v) is 2.97. The number of pyridine rings is 1. The number of aryl methyl sites for hydroxylation is 1. The van der Waals surface area contributed by atoms with Crippen LogP contribution in [0.15, 0.2) is 47.4 Å². The molecule has 3 rings (SSSR count). The zero-order valence-corrected chi connectivity index (χ0v) is 14.5. The van der Waals surface area contributed by atoms with Gasteiger partial charge in [0.2, 0.25) is 11.3 Å². The smallest absolute Gasteiger partial charge is 0.242 e. The van der Waals surface area contributed by atoms with Crippen molar-refractivity contribution in [1.82, 2.24) is 9.47 Å². The number of hydrogen-bond donors (Lipinski definition) is 0. The number of aromatic nitrogens is 1. The average molecular weight is 342 g/mol. The molecule has 0 unspecified atom stereocenters. The number of ether oxygens (including phenoxy) is 2. The van der Waals surface area contributed by atoms with Crippen LogP contribution in [0.4, 0.5) is 0 Å². The zero-order valence-electron chi connectivity index (χ0n) is 14.5. The van der Waals surface area contributed by atoms with E-state index in [4.69, 9.17) is 9.47 Å². The number of methoxy groups -OCH3 is 1. The summed E-state index contributed by atoms with van der Waals surface area (Å²) in [5.74, 6) is 0.237. The normalized spacial score (nSPS) is 17.4. The van der Waals surface area contributed by atoms with E-state index in [0.29, 0.717) is 19.7 Å². The molecule has 132 valence electrons. The Hall–Kier alpha value is -2.60. The van der Waals surface area contributed by atoms with Crippen molar-refractivity contribution in [3.05, 3.63) is 64.1 Å². The molecular weight excluding hydrogens is 320 g/mol. The summed E-state index contributed by atoms with van der Waals surface area (Å²) in [5.41, 5.74) is 1.62. The Morgan fingerprint density at radius 1 is 1.32 bits per heavy atom. The highest BCUT2D eigenvalue weighted by Crippen LogP contribution is 2.22. The first-order chi connectivity index (χ1) is 12.1. The Morgan fingerprint density at radius 2 is 2.08 bits per heavy atom. The van der Waals surface area contributed by atoms with Gasteiger partial charge in [-0.3, -0.25) is 9.59 Å². The maximum atomic E-state index is 12.7. The largest absolute Gasteiger partial charge is 0.491 e. The topological polar surface area (TPSA) is 60.8 Å². The van der Waals surface area contributed by atoms with Crippen LogP contribution in [0.3, 0.4) is 0 Å². The molecule has 1 amide bonds. The van der Waals surface area contributed by atoms with Crippen molar-refractivity contribution >= 4 is 5.91 Å². The van der Waals surface area contributed by atoms with Gasteiger partial charge in [0.25, 0.3) is 0 Å². The average Bonchev–Trinajstić information content (AvgIpc) is 2.64. The van der Waals surface area contributed by atoms with Crippen molar-refractivity contribution < 1.29 is 14.3 Å². The van der Waals surface area contributed by atoms with E-state index in [1.807, 2.05) is 35.2 Å². The molecule has 2 aromatic rings. The second kappa shape index (κ2) is 7.53. The lowest BCUT2D eigenvalue weighted by Crippen LogP contribution is -2.43. The number of nitrogens with zero attached hydrogens (tertiary/aromatic N) is 2. The molecule has 6 heteroatoms. The van der Waals surface area contributed by atoms with E-state index in [0.717, 1.165) is 11.3 Å². The van der Waals surface area contributed by atoms with Gasteiger partial charge in [-0.15, -0.1) is 0 Å². The highest BCUT2D eigenvalue weighted by Gasteiger charge is 2.25. The molecule has 1 aromatic carbocycles. The predicted molar refractivity (Wildman–Crippen MR) is 93.7 cm³/mol. The fourth-order valence-electron chi connectivity index (χ4n) is 2.97. The Bertz CT molecular complexity index is 801. The summed E-state index contributed by atoms with van der Waals surface area (Å²) in [4.78, 5) is 26.3. The van der Waals surface area contributed by atoms with Gasteiger partial charge in [-0.25, -0.2) is 0 Å². The number of hydrogen-bond acceptors (Lipinski definition) is 4. The summed E-state index contributed by atoms with van der Waals surface area (Å²) in [6.07, 6.45) is 1.48. The van der Waals surface area contributed by atoms with Crippen molar-refractivity contribution in [2.75, 3.05) is 26.8 Å². The monoisotopic (exact) mass is 342 g/mol. The standard InChI is InChI=1S/C19H22N2O4/c1-14-10-16(22)18(24-2)12-21(14)13-19(23)20-8-9-25-17(11-20)15-6-4-3-5-7-15/h3-7,10,12,17H,8-9,11,13H2,1-2H3/t17-/m0/s1. The predicted octanol–water partition coefficient (Wildman–Crippen LogP) is 1.77. The second-order valence-electron chi connectivity index (χ2n) is 6.09. The number of morpholine rings is 1. The van der Waals surface area contributed by atoms with E-state index < -0.39 is 0 Å². The first-order valence-corrected chi connectivity index (χ1v) is 8.28. The van der Waals surface area contributed by atoms with Crippen molar-refractivity contribution in [1.29, 1.82) is 0 Å². The van der Waals surface area contributed by atoms with Crippen LogP contribution in [0.2, 0.25) is 0 Å². The molecule has 0 spiro atoms. The van der Waals surface area contributed by atoms with E-state index >= 15 is 0 Å². The second-order valence-corrected chi connectivity index (χ2v) is 6.09. The van der Waals surface area contributed by atoms with Crippen LogP contribution in [-0.2, 0) is 16.1 Å². The molecule has 0 aliphatic carbocycles. The quantitative estimate of drug-likeness (QED) is 0.850. The molecular formula is C19H22N2O4. The van der Waals surface area contributed by atoms with Gasteiger partial charge in [-0.05, 0) is 12.5 Å². The third kappa shape index (κ3) is 3.91. The summed E-state index contributed by atoms with van der Waals surface area (Å²) >= 11 is 0. The third-order valence-corrected chi connectivity index (χ3v) is 4.42. The lowest BCUT2D eigenvalue weighted by molar-refractivity contribution is -0.139. The van der Waals surface area contributed by atoms with Gasteiger partial charge >= 0.3 is 0 Å². The van der Waals surface area contributed by atoms with Crippen molar-refractivity contribution in [3.63, 3.8) is 0 Å². The van der Waals surface area contributed by atoms with Crippen LogP contribution in [0.25, 0.3) is 0 Å². The number of amides is 1. The number of benzene rings is 1. The lowest BCUT2D eigenvalue weighted by atomic mass is 10.1. The van der Waals surface area contributed by atoms with Gasteiger partial charge in [-0.2, -0.15) is 0 Å². The number of carbonyl (C=O) groups excluding carboxylic acids is 1. The molecule has 1 aromatic heterocycles. The lowest BCUT2D eigenvalue weighted by Gasteiger charge is -2.33. The molecule has 0 radical (unpaired) electrons. The van der Waals surface area contributed by atoms with Gasteiger partial charge in [0.1, 0.15) is 12.6 Å². The first kappa shape index (κ1) is 17.2. The van der Waals surface area contributed by atoms with Gasteiger partial charge in [0, 0.05) is 18.3 Å². The maximum absolute atomic E-state index is 12.7. The fraction of sp³-hybridized carbons (Fsp3) is 0.368. The minimum absolute atomic E-state index is 0.00182. The number of carbonyl (C=O) groups is 1. The van der Waals surface area contributed by atoms with E-state index in [9.17, 15) is 9.59 Å². The summed E-state index contributed by atoms with van der Waals surface area (Å²) < 4.78 is 12.6. The summed E-state index contributed by atoms with van der Waals surface area (Å²) in [5, 5.41) is 0. The van der Waals surface area contributed by atoms with Crippen LogP contribution in [0, 0.1) is 6.92 Å². The molecule has 0 N–H and O–H groups in total. The molecule has 1 fully saturated rings. The molecule has 1 aliphatic rings. The SMILES string of the molecule is COc1cn(CC(=O)N2CCO[C@H](c3ccccc3)C2)c(C)cc1=O. The van der Waals surface area contributed by atoms with Crippen molar-refractivity contribution in [2.24, 2.45) is 0 Å². The molecule has 6 nitrogen and oxygen atoms in total. The van der Waals surface area contributed by atoms with Crippen molar-refractivity contribution in [2.45, 2.75) is 19.6 Å². The maximum Gasteiger partial charge on any atom is 0.242 e. The Kier molecular flexibility index (Phi) is 5.19. The van der Waals surface area contributed by atoms with Crippen molar-refractivity contribution in [3.8, 4) is 5.75 Å². The third-order valence-electron chi connectivity index (χ3n) is 4.42. The van der Waals surface area contributed by atoms with Crippen LogP contribution in [0.5, 0.6) is 5.75 Å². The molecule has 2 heterocycles. The minimum atomic E-state index is -0.181. The Morgan fingerprint density at radius 3 is 2.80 bits per heavy atom. The summed E-state index contributed by atoms with van der Waals surface area (Å²) in [7, 11) is 1.45. The highest BCUT2D eigenvalue weighted by atomic mass is 16.5. The van der Waals surface area contributed by atoms with Crippen LogP contribution < -0.4 is 10.2 Å². The first-order valence-electron chi connectivity index (χ1n) is 8.28. The van der Waals surface area contributed by atoms with Gasteiger partial charge in [0.15, 0.2) is 5.75 Å². The number of rotatable bonds is 4. The van der Waals surface area contributed by atoms with Crippen LogP contribution in [-0.4, -0.2) is 42.2 Å². The minimum Gasteiger partial charge on any atom is -0.491 e. The van der Waals surface area contributed by atoms with Crippen LogP contribution >= 0.6 is 0 Å². The van der Waals surface area contributed by atoms with E-state index in [1.54, 1.807) is 17.7 Å². The Balaban J connectivity index is 1.72. The summed E-state index contributed by atoms with van der Waals surface area (Å²) in [6.45, 7) is 3.58. The Labute approximate surface area is 146 Å². The van der Waals surface area contributed by atoms with Gasteiger partial charge in [-0.1, -0.05) is 30.3 Å². The molecule has 0 saturated carbocycles. The van der Waals surface area contributed by atoms with Gasteiger partial charge in [0.05, 0.1) is 26.5 Å². The highest BCUT2D eigenvalue weighted by molar-refractivity contribution is 5.76. The van der Waals surface area contributed by atoms with E-state index in [-0.39, 0.29) is 29.7 Å². The molecule has 25 heavy (non-hydrogen) atoms. The zero-order chi connectivity index (χ0) is 17.8. The molecule has 1 saturated heterocycles. The molecule has 0 bridgehead atoms. The molecule has 1 atom stereocenters. The van der Waals surface area contributed by atoms with E-state index in [1.165, 1.54) is 13.2 Å². The van der Waals surface area contributed by atoms with Gasteiger partial charge < -0.3 is 18.9 Å². The summed E-state index contributed by atoms with van der Waals surface area (Å²) in [6, 6.07) is 11.4.